The summed E-state index contributed by atoms with van der Waals surface area (Å²) in [6, 6.07) is 14.1. The van der Waals surface area contributed by atoms with Crippen molar-refractivity contribution in [2.75, 3.05) is 6.54 Å². The van der Waals surface area contributed by atoms with Crippen LogP contribution in [0.5, 0.6) is 0 Å². The molecule has 0 unspecified atom stereocenters. The van der Waals surface area contributed by atoms with Gasteiger partial charge >= 0.3 is 0 Å². The molecule has 0 aromatic heterocycles. The van der Waals surface area contributed by atoms with Crippen molar-refractivity contribution < 1.29 is 9.59 Å². The summed E-state index contributed by atoms with van der Waals surface area (Å²) in [5, 5.41) is 5.08. The molecule has 0 aliphatic carbocycles. The molecule has 20 heavy (non-hydrogen) atoms. The van der Waals surface area contributed by atoms with Crippen LogP contribution in [0.2, 0.25) is 0 Å². The molecule has 2 amide bonds. The van der Waals surface area contributed by atoms with Gasteiger partial charge in [-0.2, -0.15) is 0 Å². The third-order valence-electron chi connectivity index (χ3n) is 3.10. The number of hydrogen-bond donors (Lipinski definition) is 2. The molecule has 0 saturated heterocycles. The van der Waals surface area contributed by atoms with Crippen molar-refractivity contribution in [1.29, 1.82) is 0 Å². The van der Waals surface area contributed by atoms with Crippen molar-refractivity contribution in [2.24, 2.45) is 5.73 Å². The maximum absolute atomic E-state index is 11.8. The normalized spacial score (nSPS) is 10.4. The molecule has 2 aromatic carbocycles. The molecule has 0 spiro atoms. The Kier molecular flexibility index (Phi) is 4.71. The van der Waals surface area contributed by atoms with Crippen LogP contribution in [0.25, 0.3) is 10.8 Å². The summed E-state index contributed by atoms with van der Waals surface area (Å²) in [5.74, 6) is -0.376. The second-order valence-corrected chi connectivity index (χ2v) is 4.78. The van der Waals surface area contributed by atoms with Gasteiger partial charge in [-0.1, -0.05) is 42.5 Å². The van der Waals surface area contributed by atoms with E-state index in [1.165, 1.54) is 0 Å². The SMILES string of the molecule is NC(=O)CCCNC(=O)Cc1ccc2ccccc2c1. The first kappa shape index (κ1) is 14.1. The Morgan fingerprint density at radius 3 is 2.55 bits per heavy atom. The van der Waals surface area contributed by atoms with Gasteiger partial charge in [0.15, 0.2) is 0 Å². The lowest BCUT2D eigenvalue weighted by molar-refractivity contribution is -0.121. The van der Waals surface area contributed by atoms with Crippen molar-refractivity contribution >= 4 is 22.6 Å². The van der Waals surface area contributed by atoms with Crippen molar-refractivity contribution in [3.8, 4) is 0 Å². The van der Waals surface area contributed by atoms with Crippen LogP contribution in [-0.4, -0.2) is 18.4 Å². The summed E-state index contributed by atoms with van der Waals surface area (Å²) in [4.78, 5) is 22.3. The van der Waals surface area contributed by atoms with E-state index in [1.54, 1.807) is 0 Å². The number of carbonyl (C=O) groups excluding carboxylic acids is 2. The van der Waals surface area contributed by atoms with Crippen molar-refractivity contribution in [1.82, 2.24) is 5.32 Å². The maximum atomic E-state index is 11.8. The summed E-state index contributed by atoms with van der Waals surface area (Å²) in [6.07, 6.45) is 1.23. The van der Waals surface area contributed by atoms with Crippen LogP contribution < -0.4 is 11.1 Å². The maximum Gasteiger partial charge on any atom is 0.224 e. The predicted octanol–water partition coefficient (Wildman–Crippen LogP) is 1.76. The van der Waals surface area contributed by atoms with Gasteiger partial charge in [-0.3, -0.25) is 9.59 Å². The topological polar surface area (TPSA) is 72.2 Å². The Labute approximate surface area is 118 Å². The Balaban J connectivity index is 1.88. The molecule has 3 N–H and O–H groups in total. The van der Waals surface area contributed by atoms with Crippen molar-refractivity contribution in [2.45, 2.75) is 19.3 Å². The van der Waals surface area contributed by atoms with Gasteiger partial charge in [0.05, 0.1) is 6.42 Å². The van der Waals surface area contributed by atoms with Gasteiger partial charge in [0.1, 0.15) is 0 Å². The lowest BCUT2D eigenvalue weighted by atomic mass is 10.0. The molecule has 4 nitrogen and oxygen atoms in total. The van der Waals surface area contributed by atoms with E-state index in [0.29, 0.717) is 25.8 Å². The minimum Gasteiger partial charge on any atom is -0.370 e. The number of benzene rings is 2. The molecule has 104 valence electrons. The first-order valence-corrected chi connectivity index (χ1v) is 6.68. The monoisotopic (exact) mass is 270 g/mol. The van der Waals surface area contributed by atoms with Crippen LogP contribution in [0.4, 0.5) is 0 Å². The Hall–Kier alpha value is -2.36. The lowest BCUT2D eigenvalue weighted by Gasteiger charge is -2.06. The second-order valence-electron chi connectivity index (χ2n) is 4.78. The average molecular weight is 270 g/mol. The highest BCUT2D eigenvalue weighted by Gasteiger charge is 2.04. The predicted molar refractivity (Wildman–Crippen MR) is 79.1 cm³/mol. The molecule has 2 rings (SSSR count). The molecule has 4 heteroatoms. The first-order chi connectivity index (χ1) is 9.65. The number of rotatable bonds is 6. The second kappa shape index (κ2) is 6.70. The van der Waals surface area contributed by atoms with Gasteiger partial charge in [-0.05, 0) is 22.8 Å². The van der Waals surface area contributed by atoms with E-state index < -0.39 is 0 Å². The molecule has 0 aliphatic rings. The van der Waals surface area contributed by atoms with Crippen LogP contribution in [0.15, 0.2) is 42.5 Å². The number of primary amides is 1. The number of nitrogens with one attached hydrogen (secondary N) is 1. The van der Waals surface area contributed by atoms with Gasteiger partial charge in [-0.15, -0.1) is 0 Å². The van der Waals surface area contributed by atoms with E-state index in [1.807, 2.05) is 42.5 Å². The fourth-order valence-electron chi connectivity index (χ4n) is 2.09. The number of fused-ring (bicyclic) bond motifs is 1. The Morgan fingerprint density at radius 1 is 1.05 bits per heavy atom. The minimum atomic E-state index is -0.339. The largest absolute Gasteiger partial charge is 0.370 e. The van der Waals surface area contributed by atoms with E-state index in [2.05, 4.69) is 5.32 Å². The van der Waals surface area contributed by atoms with Crippen LogP contribution in [0, 0.1) is 0 Å². The number of hydrogen-bond acceptors (Lipinski definition) is 2. The van der Waals surface area contributed by atoms with Gasteiger partial charge in [0.25, 0.3) is 0 Å². The molecule has 0 fully saturated rings. The number of amides is 2. The van der Waals surface area contributed by atoms with Gasteiger partial charge < -0.3 is 11.1 Å². The molecular weight excluding hydrogens is 252 g/mol. The summed E-state index contributed by atoms with van der Waals surface area (Å²) in [5.41, 5.74) is 6.02. The first-order valence-electron chi connectivity index (χ1n) is 6.68. The van der Waals surface area contributed by atoms with E-state index in [0.717, 1.165) is 16.3 Å². The Bertz CT molecular complexity index is 623. The van der Waals surface area contributed by atoms with Crippen LogP contribution in [0.3, 0.4) is 0 Å². The number of nitrogens with two attached hydrogens (primary N) is 1. The zero-order valence-electron chi connectivity index (χ0n) is 11.3. The van der Waals surface area contributed by atoms with Crippen LogP contribution in [-0.2, 0) is 16.0 Å². The smallest absolute Gasteiger partial charge is 0.224 e. The molecule has 0 saturated carbocycles. The third kappa shape index (κ3) is 4.09. The summed E-state index contributed by atoms with van der Waals surface area (Å²) >= 11 is 0. The molecule has 0 bridgehead atoms. The highest BCUT2D eigenvalue weighted by atomic mass is 16.2. The fraction of sp³-hybridized carbons (Fsp3) is 0.250. The average Bonchev–Trinajstić information content (AvgIpc) is 2.43. The van der Waals surface area contributed by atoms with Crippen LogP contribution in [0.1, 0.15) is 18.4 Å². The molecule has 0 atom stereocenters. The molecular formula is C16H18N2O2. The third-order valence-corrected chi connectivity index (χ3v) is 3.10. The Morgan fingerprint density at radius 2 is 1.80 bits per heavy atom. The van der Waals surface area contributed by atoms with Crippen molar-refractivity contribution in [3.05, 3.63) is 48.0 Å². The summed E-state index contributed by atoms with van der Waals surface area (Å²) < 4.78 is 0. The quantitative estimate of drug-likeness (QED) is 0.785. The van der Waals surface area contributed by atoms with Gasteiger partial charge in [0, 0.05) is 13.0 Å². The minimum absolute atomic E-state index is 0.0373. The zero-order valence-corrected chi connectivity index (χ0v) is 11.3. The van der Waals surface area contributed by atoms with Crippen LogP contribution >= 0.6 is 0 Å². The molecule has 0 aliphatic heterocycles. The van der Waals surface area contributed by atoms with E-state index >= 15 is 0 Å². The van der Waals surface area contributed by atoms with Crippen molar-refractivity contribution in [3.63, 3.8) is 0 Å². The molecule has 2 aromatic rings. The van der Waals surface area contributed by atoms with E-state index in [9.17, 15) is 9.59 Å². The summed E-state index contributed by atoms with van der Waals surface area (Å²) in [6.45, 7) is 0.482. The zero-order chi connectivity index (χ0) is 14.4. The highest BCUT2D eigenvalue weighted by molar-refractivity contribution is 5.85. The molecule has 0 heterocycles. The summed E-state index contributed by atoms with van der Waals surface area (Å²) in [7, 11) is 0. The highest BCUT2D eigenvalue weighted by Crippen LogP contribution is 2.15. The van der Waals surface area contributed by atoms with Gasteiger partial charge in [-0.25, -0.2) is 0 Å². The fourth-order valence-corrected chi connectivity index (χ4v) is 2.09. The van der Waals surface area contributed by atoms with E-state index in [4.69, 9.17) is 5.73 Å². The molecule has 0 radical (unpaired) electrons. The number of carbonyl (C=O) groups is 2. The van der Waals surface area contributed by atoms with E-state index in [-0.39, 0.29) is 11.8 Å². The van der Waals surface area contributed by atoms with Gasteiger partial charge in [0.2, 0.25) is 11.8 Å². The lowest BCUT2D eigenvalue weighted by Crippen LogP contribution is -2.27. The standard InChI is InChI=1S/C16H18N2O2/c17-15(19)6-3-9-18-16(20)11-12-7-8-13-4-1-2-5-14(13)10-12/h1-2,4-5,7-8,10H,3,6,9,11H2,(H2,17,19)(H,18,20).